The van der Waals surface area contributed by atoms with Crippen molar-refractivity contribution in [2.45, 2.75) is 19.3 Å². The van der Waals surface area contributed by atoms with Crippen molar-refractivity contribution in [3.63, 3.8) is 0 Å². The summed E-state index contributed by atoms with van der Waals surface area (Å²) in [7, 11) is -2.88. The molecule has 0 aromatic heterocycles. The molecule has 0 amide bonds. The lowest BCUT2D eigenvalue weighted by Gasteiger charge is -2.22. The predicted octanol–water partition coefficient (Wildman–Crippen LogP) is 1.34. The van der Waals surface area contributed by atoms with Gasteiger partial charge in [0.05, 0.1) is 17.2 Å². The first-order valence-corrected chi connectivity index (χ1v) is 7.57. The van der Waals surface area contributed by atoms with E-state index in [2.05, 4.69) is 0 Å². The molecule has 1 aliphatic heterocycles. The summed E-state index contributed by atoms with van der Waals surface area (Å²) < 4.78 is 23.0. The SMILES string of the molecule is Nc1c(O)cccc1CC1CCCS(=O)(=O)C1. The number of hydrogen-bond acceptors (Lipinski definition) is 4. The van der Waals surface area contributed by atoms with E-state index in [4.69, 9.17) is 5.73 Å². The maximum Gasteiger partial charge on any atom is 0.150 e. The van der Waals surface area contributed by atoms with Crippen LogP contribution in [0.1, 0.15) is 18.4 Å². The van der Waals surface area contributed by atoms with Gasteiger partial charge in [0, 0.05) is 0 Å². The lowest BCUT2D eigenvalue weighted by Crippen LogP contribution is -2.26. The highest BCUT2D eigenvalue weighted by atomic mass is 32.2. The van der Waals surface area contributed by atoms with Gasteiger partial charge < -0.3 is 10.8 Å². The molecule has 4 nitrogen and oxygen atoms in total. The molecule has 94 valence electrons. The summed E-state index contributed by atoms with van der Waals surface area (Å²) in [5.41, 5.74) is 6.98. The number of nitrogen functional groups attached to an aromatic ring is 1. The molecule has 1 aromatic carbocycles. The fraction of sp³-hybridized carbons (Fsp3) is 0.500. The number of phenols is 1. The topological polar surface area (TPSA) is 80.4 Å². The van der Waals surface area contributed by atoms with E-state index in [-0.39, 0.29) is 17.4 Å². The van der Waals surface area contributed by atoms with Gasteiger partial charge in [-0.2, -0.15) is 0 Å². The van der Waals surface area contributed by atoms with Crippen molar-refractivity contribution in [2.24, 2.45) is 5.92 Å². The van der Waals surface area contributed by atoms with Crippen LogP contribution in [0.2, 0.25) is 0 Å². The molecule has 5 heteroatoms. The van der Waals surface area contributed by atoms with E-state index in [1.807, 2.05) is 6.07 Å². The molecule has 1 atom stereocenters. The van der Waals surface area contributed by atoms with Crippen LogP contribution in [0.5, 0.6) is 5.75 Å². The molecular formula is C12H17NO3S. The zero-order chi connectivity index (χ0) is 12.5. The molecule has 1 fully saturated rings. The van der Waals surface area contributed by atoms with Crippen molar-refractivity contribution in [2.75, 3.05) is 17.2 Å². The summed E-state index contributed by atoms with van der Waals surface area (Å²) in [6.45, 7) is 0. The second-order valence-electron chi connectivity index (χ2n) is 4.68. The number of aromatic hydroxyl groups is 1. The van der Waals surface area contributed by atoms with E-state index in [9.17, 15) is 13.5 Å². The van der Waals surface area contributed by atoms with Gasteiger partial charge in [0.15, 0.2) is 9.84 Å². The number of hydrogen-bond donors (Lipinski definition) is 2. The van der Waals surface area contributed by atoms with Crippen LogP contribution >= 0.6 is 0 Å². The summed E-state index contributed by atoms with van der Waals surface area (Å²) in [5, 5.41) is 9.49. The molecule has 0 aliphatic carbocycles. The van der Waals surface area contributed by atoms with E-state index < -0.39 is 9.84 Å². The van der Waals surface area contributed by atoms with Gasteiger partial charge in [-0.15, -0.1) is 0 Å². The van der Waals surface area contributed by atoms with E-state index >= 15 is 0 Å². The fourth-order valence-corrected chi connectivity index (χ4v) is 4.14. The molecule has 1 aliphatic rings. The second-order valence-corrected chi connectivity index (χ2v) is 6.91. The van der Waals surface area contributed by atoms with Crippen LogP contribution in [0, 0.1) is 5.92 Å². The number of rotatable bonds is 2. The molecule has 0 saturated carbocycles. The molecule has 3 N–H and O–H groups in total. The van der Waals surface area contributed by atoms with Crippen molar-refractivity contribution in [1.82, 2.24) is 0 Å². The molecule has 1 unspecified atom stereocenters. The van der Waals surface area contributed by atoms with Crippen molar-refractivity contribution < 1.29 is 13.5 Å². The largest absolute Gasteiger partial charge is 0.506 e. The Bertz CT molecular complexity index is 510. The third-order valence-electron chi connectivity index (χ3n) is 3.24. The van der Waals surface area contributed by atoms with Gasteiger partial charge in [0.25, 0.3) is 0 Å². The summed E-state index contributed by atoms with van der Waals surface area (Å²) in [4.78, 5) is 0. The fourth-order valence-electron chi connectivity index (χ4n) is 2.37. The predicted molar refractivity (Wildman–Crippen MR) is 67.6 cm³/mol. The number of nitrogens with two attached hydrogens (primary N) is 1. The average Bonchev–Trinajstić information content (AvgIpc) is 2.23. The Labute approximate surface area is 101 Å². The summed E-state index contributed by atoms with van der Waals surface area (Å²) in [5.74, 6) is 0.736. The van der Waals surface area contributed by atoms with E-state index in [0.29, 0.717) is 17.9 Å². The molecule has 17 heavy (non-hydrogen) atoms. The summed E-state index contributed by atoms with van der Waals surface area (Å²) in [6.07, 6.45) is 2.26. The third kappa shape index (κ3) is 2.91. The van der Waals surface area contributed by atoms with E-state index in [1.54, 1.807) is 6.07 Å². The Hall–Kier alpha value is -1.23. The van der Waals surface area contributed by atoms with Gasteiger partial charge in [0.1, 0.15) is 5.75 Å². The number of anilines is 1. The third-order valence-corrected chi connectivity index (χ3v) is 5.13. The monoisotopic (exact) mass is 255 g/mol. The summed E-state index contributed by atoms with van der Waals surface area (Å²) in [6, 6.07) is 5.12. The highest BCUT2D eigenvalue weighted by molar-refractivity contribution is 7.91. The van der Waals surface area contributed by atoms with Crippen LogP contribution in [0.4, 0.5) is 5.69 Å². The van der Waals surface area contributed by atoms with E-state index in [1.165, 1.54) is 6.07 Å². The molecule has 1 saturated heterocycles. The number of para-hydroxylation sites is 1. The maximum absolute atomic E-state index is 11.5. The average molecular weight is 255 g/mol. The number of phenolic OH excluding ortho intramolecular Hbond substituents is 1. The standard InChI is InChI=1S/C12H17NO3S/c13-12-10(4-1-5-11(12)14)7-9-3-2-6-17(15,16)8-9/h1,4-5,9,14H,2-3,6-8,13H2. The minimum atomic E-state index is -2.88. The molecule has 0 spiro atoms. The Morgan fingerprint density at radius 1 is 1.41 bits per heavy atom. The van der Waals surface area contributed by atoms with Crippen LogP contribution in [-0.2, 0) is 16.3 Å². The van der Waals surface area contributed by atoms with Gasteiger partial charge in [-0.05, 0) is 36.8 Å². The minimum Gasteiger partial charge on any atom is -0.506 e. The number of benzene rings is 1. The van der Waals surface area contributed by atoms with Crippen LogP contribution in [0.15, 0.2) is 18.2 Å². The zero-order valence-electron chi connectivity index (χ0n) is 9.59. The first-order chi connectivity index (χ1) is 7.98. The van der Waals surface area contributed by atoms with Crippen molar-refractivity contribution in [3.05, 3.63) is 23.8 Å². The normalized spacial score (nSPS) is 23.4. The highest BCUT2D eigenvalue weighted by Crippen LogP contribution is 2.29. The van der Waals surface area contributed by atoms with Gasteiger partial charge in [-0.3, -0.25) is 0 Å². The Morgan fingerprint density at radius 2 is 2.18 bits per heavy atom. The molecular weight excluding hydrogens is 238 g/mol. The van der Waals surface area contributed by atoms with Crippen LogP contribution < -0.4 is 5.73 Å². The molecule has 1 heterocycles. The van der Waals surface area contributed by atoms with Crippen LogP contribution in [0.25, 0.3) is 0 Å². The zero-order valence-corrected chi connectivity index (χ0v) is 10.4. The van der Waals surface area contributed by atoms with Crippen LogP contribution in [0.3, 0.4) is 0 Å². The minimum absolute atomic E-state index is 0.0705. The first-order valence-electron chi connectivity index (χ1n) is 5.75. The smallest absolute Gasteiger partial charge is 0.150 e. The number of sulfone groups is 1. The van der Waals surface area contributed by atoms with Crippen molar-refractivity contribution >= 4 is 15.5 Å². The lowest BCUT2D eigenvalue weighted by molar-refractivity contribution is 0.471. The quantitative estimate of drug-likeness (QED) is 0.617. The Balaban J connectivity index is 2.13. The Kier molecular flexibility index (Phi) is 3.28. The Morgan fingerprint density at radius 3 is 2.88 bits per heavy atom. The van der Waals surface area contributed by atoms with E-state index in [0.717, 1.165) is 18.4 Å². The highest BCUT2D eigenvalue weighted by Gasteiger charge is 2.25. The van der Waals surface area contributed by atoms with Gasteiger partial charge in [-0.1, -0.05) is 12.1 Å². The van der Waals surface area contributed by atoms with Gasteiger partial charge in [-0.25, -0.2) is 8.42 Å². The lowest BCUT2D eigenvalue weighted by atomic mass is 9.95. The van der Waals surface area contributed by atoms with Crippen molar-refractivity contribution in [1.29, 1.82) is 0 Å². The molecule has 0 radical (unpaired) electrons. The van der Waals surface area contributed by atoms with Gasteiger partial charge in [0.2, 0.25) is 0 Å². The molecule has 0 bridgehead atoms. The second kappa shape index (κ2) is 4.56. The van der Waals surface area contributed by atoms with Crippen LogP contribution in [-0.4, -0.2) is 25.0 Å². The summed E-state index contributed by atoms with van der Waals surface area (Å²) >= 11 is 0. The molecule has 2 rings (SSSR count). The van der Waals surface area contributed by atoms with Crippen molar-refractivity contribution in [3.8, 4) is 5.75 Å². The maximum atomic E-state index is 11.5. The molecule has 1 aromatic rings. The van der Waals surface area contributed by atoms with Gasteiger partial charge >= 0.3 is 0 Å². The first kappa shape index (κ1) is 12.2.